The summed E-state index contributed by atoms with van der Waals surface area (Å²) in [5.41, 5.74) is 0. The summed E-state index contributed by atoms with van der Waals surface area (Å²) in [4.78, 5) is 12.3. The first kappa shape index (κ1) is 38.8. The molecule has 0 aliphatic carbocycles. The molecule has 0 radical (unpaired) electrons. The van der Waals surface area contributed by atoms with Gasteiger partial charge >= 0.3 is 0 Å². The molecule has 5 nitrogen and oxygen atoms in total. The number of rotatable bonds is 30. The summed E-state index contributed by atoms with van der Waals surface area (Å²) < 4.78 is 0. The molecule has 4 N–H and O–H groups in total. The van der Waals surface area contributed by atoms with Gasteiger partial charge in [-0.05, 0) is 32.1 Å². The number of aliphatic hydroxyl groups excluding tert-OH is 3. The zero-order chi connectivity index (χ0) is 29.5. The summed E-state index contributed by atoms with van der Waals surface area (Å²) in [6, 6.07) is -0.807. The zero-order valence-electron chi connectivity index (χ0n) is 26.5. The minimum absolute atomic E-state index is 0.374. The van der Waals surface area contributed by atoms with Gasteiger partial charge in [0, 0.05) is 0 Å². The molecule has 3 atom stereocenters. The molecule has 0 rings (SSSR count). The van der Waals surface area contributed by atoms with Crippen LogP contribution in [0.4, 0.5) is 0 Å². The Labute approximate surface area is 248 Å². The van der Waals surface area contributed by atoms with E-state index in [0.29, 0.717) is 6.42 Å². The second-order valence-corrected chi connectivity index (χ2v) is 11.7. The van der Waals surface area contributed by atoms with E-state index in [1.54, 1.807) is 6.08 Å². The quantitative estimate of drug-likeness (QED) is 0.0518. The van der Waals surface area contributed by atoms with Crippen molar-refractivity contribution >= 4 is 5.91 Å². The Hall–Kier alpha value is -1.17. The standard InChI is InChI=1S/C35H67NO4/c1-3-5-7-9-11-13-14-15-16-17-18-19-20-21-22-24-25-27-29-33(38)32(31-37)36-35(40)34(39)30-28-26-23-12-10-8-6-4-2/h21-22,27,29,32-34,37-39H,3-20,23-26,28,30-31H2,1-2H3,(H,36,40)/b22-21+,29-27+. The maximum atomic E-state index is 12.3. The van der Waals surface area contributed by atoms with Crippen LogP contribution < -0.4 is 5.32 Å². The lowest BCUT2D eigenvalue weighted by Gasteiger charge is -2.21. The molecule has 0 fully saturated rings. The third-order valence-corrected chi connectivity index (χ3v) is 7.79. The molecular weight excluding hydrogens is 498 g/mol. The lowest BCUT2D eigenvalue weighted by atomic mass is 10.0. The van der Waals surface area contributed by atoms with Crippen LogP contribution in [0.2, 0.25) is 0 Å². The number of unbranched alkanes of at least 4 members (excludes halogenated alkanes) is 20. The fraction of sp³-hybridized carbons (Fsp3) is 0.857. The van der Waals surface area contributed by atoms with Crippen molar-refractivity contribution in [1.29, 1.82) is 0 Å². The second kappa shape index (κ2) is 30.8. The first-order chi connectivity index (χ1) is 19.6. The number of aliphatic hydroxyl groups is 3. The van der Waals surface area contributed by atoms with E-state index in [-0.39, 0.29) is 6.61 Å². The maximum Gasteiger partial charge on any atom is 0.249 e. The van der Waals surface area contributed by atoms with Gasteiger partial charge in [-0.2, -0.15) is 0 Å². The molecule has 0 spiro atoms. The number of carbonyl (C=O) groups excluding carboxylic acids is 1. The molecular formula is C35H67NO4. The van der Waals surface area contributed by atoms with E-state index in [0.717, 1.165) is 38.5 Å². The van der Waals surface area contributed by atoms with E-state index < -0.39 is 24.2 Å². The molecule has 0 saturated heterocycles. The number of hydrogen-bond acceptors (Lipinski definition) is 4. The van der Waals surface area contributed by atoms with Crippen molar-refractivity contribution in [2.45, 2.75) is 186 Å². The summed E-state index contributed by atoms with van der Waals surface area (Å²) in [6.45, 7) is 4.11. The number of hydrogen-bond donors (Lipinski definition) is 4. The molecule has 40 heavy (non-hydrogen) atoms. The predicted molar refractivity (Wildman–Crippen MR) is 171 cm³/mol. The Kier molecular flexibility index (Phi) is 29.9. The molecule has 0 aromatic rings. The lowest BCUT2D eigenvalue weighted by molar-refractivity contribution is -0.131. The van der Waals surface area contributed by atoms with Gasteiger partial charge in [0.1, 0.15) is 6.10 Å². The normalized spacial score (nSPS) is 14.2. The molecule has 3 unspecified atom stereocenters. The fourth-order valence-electron chi connectivity index (χ4n) is 5.02. The monoisotopic (exact) mass is 566 g/mol. The molecule has 0 aliphatic heterocycles. The highest BCUT2D eigenvalue weighted by Crippen LogP contribution is 2.13. The molecule has 236 valence electrons. The molecule has 5 heteroatoms. The van der Waals surface area contributed by atoms with Crippen LogP contribution >= 0.6 is 0 Å². The average molecular weight is 566 g/mol. The molecule has 0 aliphatic rings. The smallest absolute Gasteiger partial charge is 0.249 e. The van der Waals surface area contributed by atoms with Gasteiger partial charge in [-0.25, -0.2) is 0 Å². The Morgan fingerprint density at radius 3 is 1.52 bits per heavy atom. The van der Waals surface area contributed by atoms with Gasteiger partial charge in [0.15, 0.2) is 0 Å². The number of allylic oxidation sites excluding steroid dienone is 3. The van der Waals surface area contributed by atoms with Crippen molar-refractivity contribution in [1.82, 2.24) is 5.32 Å². The van der Waals surface area contributed by atoms with Gasteiger partial charge in [0.25, 0.3) is 0 Å². The van der Waals surface area contributed by atoms with E-state index in [4.69, 9.17) is 0 Å². The topological polar surface area (TPSA) is 89.8 Å². The Morgan fingerprint density at radius 1 is 0.600 bits per heavy atom. The van der Waals surface area contributed by atoms with E-state index >= 15 is 0 Å². The Bertz CT molecular complexity index is 592. The van der Waals surface area contributed by atoms with Gasteiger partial charge in [-0.15, -0.1) is 0 Å². The lowest BCUT2D eigenvalue weighted by Crippen LogP contribution is -2.48. The van der Waals surface area contributed by atoms with E-state index in [1.807, 2.05) is 6.08 Å². The minimum Gasteiger partial charge on any atom is -0.394 e. The Balaban J connectivity index is 3.79. The summed E-state index contributed by atoms with van der Waals surface area (Å²) >= 11 is 0. The van der Waals surface area contributed by atoms with Crippen LogP contribution in [-0.2, 0) is 4.79 Å². The van der Waals surface area contributed by atoms with Crippen molar-refractivity contribution in [2.75, 3.05) is 6.61 Å². The molecule has 0 bridgehead atoms. The van der Waals surface area contributed by atoms with Crippen molar-refractivity contribution < 1.29 is 20.1 Å². The molecule has 0 saturated carbocycles. The van der Waals surface area contributed by atoms with Gasteiger partial charge < -0.3 is 20.6 Å². The van der Waals surface area contributed by atoms with Crippen LogP contribution in [0.1, 0.15) is 168 Å². The molecule has 1 amide bonds. The number of amides is 1. The number of carbonyl (C=O) groups is 1. The molecule has 0 heterocycles. The predicted octanol–water partition coefficient (Wildman–Crippen LogP) is 8.70. The summed E-state index contributed by atoms with van der Waals surface area (Å²) in [5.74, 6) is -0.518. The van der Waals surface area contributed by atoms with Crippen LogP contribution in [0.25, 0.3) is 0 Å². The first-order valence-corrected chi connectivity index (χ1v) is 17.2. The van der Waals surface area contributed by atoms with E-state index in [2.05, 4.69) is 31.3 Å². The van der Waals surface area contributed by atoms with Crippen LogP contribution in [-0.4, -0.2) is 46.1 Å². The third kappa shape index (κ3) is 25.8. The third-order valence-electron chi connectivity index (χ3n) is 7.79. The Morgan fingerprint density at radius 2 is 1.02 bits per heavy atom. The first-order valence-electron chi connectivity index (χ1n) is 17.2. The van der Waals surface area contributed by atoms with Crippen molar-refractivity contribution in [3.63, 3.8) is 0 Å². The van der Waals surface area contributed by atoms with E-state index in [9.17, 15) is 20.1 Å². The minimum atomic E-state index is -1.10. The highest BCUT2D eigenvalue weighted by Gasteiger charge is 2.22. The van der Waals surface area contributed by atoms with Crippen molar-refractivity contribution in [3.05, 3.63) is 24.3 Å². The van der Waals surface area contributed by atoms with Crippen molar-refractivity contribution in [2.24, 2.45) is 0 Å². The largest absolute Gasteiger partial charge is 0.394 e. The van der Waals surface area contributed by atoms with Crippen LogP contribution in [0.3, 0.4) is 0 Å². The van der Waals surface area contributed by atoms with Crippen LogP contribution in [0, 0.1) is 0 Å². The van der Waals surface area contributed by atoms with Gasteiger partial charge in [0.2, 0.25) is 5.91 Å². The maximum absolute atomic E-state index is 12.3. The van der Waals surface area contributed by atoms with Gasteiger partial charge in [0.05, 0.1) is 18.8 Å². The highest BCUT2D eigenvalue weighted by molar-refractivity contribution is 5.80. The van der Waals surface area contributed by atoms with Crippen molar-refractivity contribution in [3.8, 4) is 0 Å². The zero-order valence-corrected chi connectivity index (χ0v) is 26.5. The molecule has 0 aromatic heterocycles. The van der Waals surface area contributed by atoms with Gasteiger partial charge in [-0.1, -0.05) is 160 Å². The second-order valence-electron chi connectivity index (χ2n) is 11.7. The SMILES string of the molecule is CCCCCCCCCCCCCC/C=C/CC/C=C/C(O)C(CO)NC(=O)C(O)CCCCCCCCCC. The summed E-state index contributed by atoms with van der Waals surface area (Å²) in [6.07, 6.45) is 34.9. The molecule has 0 aromatic carbocycles. The summed E-state index contributed by atoms with van der Waals surface area (Å²) in [7, 11) is 0. The fourth-order valence-corrected chi connectivity index (χ4v) is 5.02. The highest BCUT2D eigenvalue weighted by atomic mass is 16.3. The van der Waals surface area contributed by atoms with Crippen LogP contribution in [0.15, 0.2) is 24.3 Å². The average Bonchev–Trinajstić information content (AvgIpc) is 2.96. The van der Waals surface area contributed by atoms with Crippen LogP contribution in [0.5, 0.6) is 0 Å². The van der Waals surface area contributed by atoms with E-state index in [1.165, 1.54) is 109 Å². The summed E-state index contributed by atoms with van der Waals surface area (Å²) in [5, 5.41) is 32.7. The number of nitrogens with one attached hydrogen (secondary N) is 1. The van der Waals surface area contributed by atoms with Gasteiger partial charge in [-0.3, -0.25) is 4.79 Å².